The van der Waals surface area contributed by atoms with Gasteiger partial charge in [-0.1, -0.05) is 58.4 Å². The van der Waals surface area contributed by atoms with E-state index in [1.54, 1.807) is 0 Å². The lowest BCUT2D eigenvalue weighted by atomic mass is 9.87. The van der Waals surface area contributed by atoms with Crippen molar-refractivity contribution >= 4 is 11.6 Å². The molecule has 24 heavy (non-hydrogen) atoms. The molecule has 0 saturated heterocycles. The fraction of sp³-hybridized carbons (Fsp3) is 0.381. The van der Waals surface area contributed by atoms with E-state index >= 15 is 0 Å². The number of nitrogens with one attached hydrogen (secondary N) is 1. The fourth-order valence-corrected chi connectivity index (χ4v) is 2.34. The van der Waals surface area contributed by atoms with Gasteiger partial charge < -0.3 is 10.1 Å². The first kappa shape index (κ1) is 18.1. The Hall–Kier alpha value is -2.29. The summed E-state index contributed by atoms with van der Waals surface area (Å²) in [6.07, 6.45) is 2.07. The van der Waals surface area contributed by atoms with Crippen molar-refractivity contribution in [1.29, 1.82) is 0 Å². The zero-order chi connectivity index (χ0) is 17.6. The maximum Gasteiger partial charge on any atom is 0.255 e. The summed E-state index contributed by atoms with van der Waals surface area (Å²) in [5.41, 5.74) is 2.64. The monoisotopic (exact) mass is 325 g/mol. The molecule has 1 N–H and O–H groups in total. The molecule has 0 aromatic heterocycles. The predicted molar refractivity (Wildman–Crippen MR) is 99.9 cm³/mol. The van der Waals surface area contributed by atoms with Crippen molar-refractivity contribution in [3.05, 3.63) is 59.7 Å². The minimum Gasteiger partial charge on any atom is -0.491 e. The average molecular weight is 325 g/mol. The van der Waals surface area contributed by atoms with Crippen LogP contribution < -0.4 is 10.1 Å². The highest BCUT2D eigenvalue weighted by atomic mass is 16.5. The summed E-state index contributed by atoms with van der Waals surface area (Å²) in [4.78, 5) is 12.5. The van der Waals surface area contributed by atoms with E-state index in [1.807, 2.05) is 48.5 Å². The van der Waals surface area contributed by atoms with Gasteiger partial charge in [0, 0.05) is 5.56 Å². The molecular weight excluding hydrogens is 298 g/mol. The predicted octanol–water partition coefficient (Wildman–Crippen LogP) is 5.42. The van der Waals surface area contributed by atoms with E-state index < -0.39 is 0 Å². The molecule has 0 atom stereocenters. The number of anilines is 1. The minimum absolute atomic E-state index is 0.0781. The highest BCUT2D eigenvalue weighted by molar-refractivity contribution is 6.05. The van der Waals surface area contributed by atoms with Gasteiger partial charge in [0.1, 0.15) is 5.75 Å². The number of benzene rings is 2. The van der Waals surface area contributed by atoms with Gasteiger partial charge >= 0.3 is 0 Å². The number of amides is 1. The molecule has 0 saturated carbocycles. The van der Waals surface area contributed by atoms with Crippen molar-refractivity contribution in [2.75, 3.05) is 11.9 Å². The standard InChI is InChI=1S/C21H27NO2/c1-5-6-15-24-19-10-8-7-9-18(19)22-20(23)16-11-13-17(14-12-16)21(2,3)4/h7-14H,5-6,15H2,1-4H3,(H,22,23). The molecule has 0 radical (unpaired) electrons. The summed E-state index contributed by atoms with van der Waals surface area (Å²) in [6, 6.07) is 15.3. The van der Waals surface area contributed by atoms with E-state index in [2.05, 4.69) is 33.0 Å². The highest BCUT2D eigenvalue weighted by Gasteiger charge is 2.15. The quantitative estimate of drug-likeness (QED) is 0.721. The van der Waals surface area contributed by atoms with Gasteiger partial charge in [-0.3, -0.25) is 4.79 Å². The number of carbonyl (C=O) groups is 1. The molecule has 0 aliphatic carbocycles. The van der Waals surface area contributed by atoms with E-state index in [0.717, 1.165) is 12.8 Å². The molecule has 0 bridgehead atoms. The molecule has 0 aliphatic heterocycles. The maximum atomic E-state index is 12.5. The molecular formula is C21H27NO2. The maximum absolute atomic E-state index is 12.5. The van der Waals surface area contributed by atoms with Crippen LogP contribution in [0.5, 0.6) is 5.75 Å². The molecule has 2 aromatic rings. The first-order chi connectivity index (χ1) is 11.4. The Labute approximate surface area is 145 Å². The van der Waals surface area contributed by atoms with Crippen molar-refractivity contribution in [2.45, 2.75) is 46.0 Å². The van der Waals surface area contributed by atoms with Gasteiger partial charge in [0.15, 0.2) is 0 Å². The van der Waals surface area contributed by atoms with Crippen LogP contribution in [-0.2, 0) is 5.41 Å². The second kappa shape index (κ2) is 8.00. The molecule has 128 valence electrons. The number of ether oxygens (including phenoxy) is 1. The first-order valence-corrected chi connectivity index (χ1v) is 8.55. The largest absolute Gasteiger partial charge is 0.491 e. The van der Waals surface area contributed by atoms with Gasteiger partial charge in [-0.2, -0.15) is 0 Å². The molecule has 3 nitrogen and oxygen atoms in total. The van der Waals surface area contributed by atoms with Crippen LogP contribution in [0.25, 0.3) is 0 Å². The Balaban J connectivity index is 2.09. The molecule has 2 rings (SSSR count). The SMILES string of the molecule is CCCCOc1ccccc1NC(=O)c1ccc(C(C)(C)C)cc1. The number of hydrogen-bond donors (Lipinski definition) is 1. The van der Waals surface area contributed by atoms with Crippen LogP contribution in [0.1, 0.15) is 56.5 Å². The van der Waals surface area contributed by atoms with Crippen molar-refractivity contribution in [3.8, 4) is 5.75 Å². The van der Waals surface area contributed by atoms with E-state index in [4.69, 9.17) is 4.74 Å². The Kier molecular flexibility index (Phi) is 6.02. The van der Waals surface area contributed by atoms with Gasteiger partial charge in [-0.25, -0.2) is 0 Å². The lowest BCUT2D eigenvalue weighted by Gasteiger charge is -2.19. The smallest absolute Gasteiger partial charge is 0.255 e. The molecule has 0 spiro atoms. The summed E-state index contributed by atoms with van der Waals surface area (Å²) in [5.74, 6) is 0.590. The minimum atomic E-state index is -0.123. The molecule has 0 heterocycles. The number of hydrogen-bond acceptors (Lipinski definition) is 2. The fourth-order valence-electron chi connectivity index (χ4n) is 2.34. The van der Waals surface area contributed by atoms with Gasteiger partial charge in [-0.15, -0.1) is 0 Å². The molecule has 1 amide bonds. The number of para-hydroxylation sites is 2. The topological polar surface area (TPSA) is 38.3 Å². The average Bonchev–Trinajstić information content (AvgIpc) is 2.56. The van der Waals surface area contributed by atoms with Gasteiger partial charge in [0.2, 0.25) is 0 Å². The summed E-state index contributed by atoms with van der Waals surface area (Å²) in [6.45, 7) is 9.26. The molecule has 0 fully saturated rings. The van der Waals surface area contributed by atoms with Crippen LogP contribution in [0.4, 0.5) is 5.69 Å². The van der Waals surface area contributed by atoms with E-state index in [0.29, 0.717) is 23.6 Å². The highest BCUT2D eigenvalue weighted by Crippen LogP contribution is 2.26. The van der Waals surface area contributed by atoms with Crippen LogP contribution in [0.15, 0.2) is 48.5 Å². The third-order valence-corrected chi connectivity index (χ3v) is 3.90. The summed E-state index contributed by atoms with van der Waals surface area (Å²) in [5, 5.41) is 2.95. The van der Waals surface area contributed by atoms with Crippen molar-refractivity contribution in [3.63, 3.8) is 0 Å². The Morgan fingerprint density at radius 3 is 2.33 bits per heavy atom. The van der Waals surface area contributed by atoms with Crippen molar-refractivity contribution in [2.24, 2.45) is 0 Å². The molecule has 0 unspecified atom stereocenters. The molecule has 0 aliphatic rings. The van der Waals surface area contributed by atoms with Crippen LogP contribution in [0.2, 0.25) is 0 Å². The van der Waals surface area contributed by atoms with Crippen LogP contribution >= 0.6 is 0 Å². The first-order valence-electron chi connectivity index (χ1n) is 8.55. The zero-order valence-corrected chi connectivity index (χ0v) is 15.1. The van der Waals surface area contributed by atoms with Crippen molar-refractivity contribution in [1.82, 2.24) is 0 Å². The number of unbranched alkanes of at least 4 members (excludes halogenated alkanes) is 1. The molecule has 3 heteroatoms. The normalized spacial score (nSPS) is 11.2. The summed E-state index contributed by atoms with van der Waals surface area (Å²) < 4.78 is 5.76. The Morgan fingerprint density at radius 1 is 1.04 bits per heavy atom. The Bertz CT molecular complexity index is 669. The van der Waals surface area contributed by atoms with Gasteiger partial charge in [0.05, 0.1) is 12.3 Å². The van der Waals surface area contributed by atoms with Crippen LogP contribution in [-0.4, -0.2) is 12.5 Å². The number of rotatable bonds is 6. The summed E-state index contributed by atoms with van der Waals surface area (Å²) >= 11 is 0. The van der Waals surface area contributed by atoms with Gasteiger partial charge in [0.25, 0.3) is 5.91 Å². The number of carbonyl (C=O) groups excluding carboxylic acids is 1. The zero-order valence-electron chi connectivity index (χ0n) is 15.1. The second-order valence-electron chi connectivity index (χ2n) is 6.98. The molecule has 2 aromatic carbocycles. The summed E-state index contributed by atoms with van der Waals surface area (Å²) in [7, 11) is 0. The van der Waals surface area contributed by atoms with Crippen molar-refractivity contribution < 1.29 is 9.53 Å². The Morgan fingerprint density at radius 2 is 1.71 bits per heavy atom. The van der Waals surface area contributed by atoms with Crippen LogP contribution in [0.3, 0.4) is 0 Å². The lowest BCUT2D eigenvalue weighted by Crippen LogP contribution is -2.15. The third kappa shape index (κ3) is 4.85. The van der Waals surface area contributed by atoms with E-state index in [1.165, 1.54) is 5.56 Å². The van der Waals surface area contributed by atoms with Crippen LogP contribution in [0, 0.1) is 0 Å². The third-order valence-electron chi connectivity index (χ3n) is 3.90. The van der Waals surface area contributed by atoms with E-state index in [-0.39, 0.29) is 11.3 Å². The second-order valence-corrected chi connectivity index (χ2v) is 6.98. The van der Waals surface area contributed by atoms with E-state index in [9.17, 15) is 4.79 Å². The van der Waals surface area contributed by atoms with Gasteiger partial charge in [-0.05, 0) is 41.7 Å². The lowest BCUT2D eigenvalue weighted by molar-refractivity contribution is 0.102.